The summed E-state index contributed by atoms with van der Waals surface area (Å²) < 4.78 is 84.2. The van der Waals surface area contributed by atoms with Gasteiger partial charge in [0.2, 0.25) is 11.8 Å². The summed E-state index contributed by atoms with van der Waals surface area (Å²) in [5.74, 6) is -0.798. The number of amides is 2. The summed E-state index contributed by atoms with van der Waals surface area (Å²) in [5, 5.41) is 0. The summed E-state index contributed by atoms with van der Waals surface area (Å²) in [6.07, 6.45) is -8.90. The Morgan fingerprint density at radius 1 is 1.11 bits per heavy atom. The lowest BCUT2D eigenvalue weighted by molar-refractivity contribution is -0.146. The molecule has 4 unspecified atom stereocenters. The lowest BCUT2D eigenvalue weighted by Gasteiger charge is -2.35. The van der Waals surface area contributed by atoms with Crippen LogP contribution in [0.2, 0.25) is 0 Å². The highest BCUT2D eigenvalue weighted by Crippen LogP contribution is 2.38. The molecule has 4 rings (SSSR count). The van der Waals surface area contributed by atoms with Crippen LogP contribution >= 0.6 is 0 Å². The number of fused-ring (bicyclic) bond motifs is 1. The van der Waals surface area contributed by atoms with E-state index in [0.717, 1.165) is 0 Å². The first-order valence-electron chi connectivity index (χ1n) is 11.4. The molecule has 2 N–H and O–H groups in total. The van der Waals surface area contributed by atoms with Crippen molar-refractivity contribution in [2.24, 2.45) is 11.7 Å². The van der Waals surface area contributed by atoms with Crippen molar-refractivity contribution < 1.29 is 40.7 Å². The van der Waals surface area contributed by atoms with Crippen molar-refractivity contribution in [3.63, 3.8) is 0 Å². The van der Waals surface area contributed by atoms with E-state index in [0.29, 0.717) is 44.5 Å². The van der Waals surface area contributed by atoms with E-state index in [1.807, 2.05) is 6.92 Å². The molecule has 0 radical (unpaired) electrons. The third-order valence-corrected chi connectivity index (χ3v) is 6.97. The Bertz CT molecular complexity index is 961. The molecule has 6 nitrogen and oxygen atoms in total. The Labute approximate surface area is 198 Å². The van der Waals surface area contributed by atoms with Gasteiger partial charge in [-0.25, -0.2) is 0 Å². The van der Waals surface area contributed by atoms with Crippen LogP contribution in [0.3, 0.4) is 0 Å². The van der Waals surface area contributed by atoms with E-state index in [9.17, 15) is 35.9 Å². The van der Waals surface area contributed by atoms with Crippen molar-refractivity contribution in [2.75, 3.05) is 19.6 Å². The maximum atomic E-state index is 13.1. The highest BCUT2D eigenvalue weighted by molar-refractivity contribution is 5.87. The van der Waals surface area contributed by atoms with Gasteiger partial charge in [-0.15, -0.1) is 0 Å². The van der Waals surface area contributed by atoms with Gasteiger partial charge < -0.3 is 20.3 Å². The topological polar surface area (TPSA) is 75.9 Å². The van der Waals surface area contributed by atoms with Gasteiger partial charge in [0.15, 0.2) is 0 Å². The number of hydrogen-bond acceptors (Lipinski definition) is 4. The summed E-state index contributed by atoms with van der Waals surface area (Å²) in [7, 11) is 0. The second-order valence-corrected chi connectivity index (χ2v) is 10.1. The molecular formula is C23H27F6N3O3. The fourth-order valence-corrected chi connectivity index (χ4v) is 5.20. The smallest absolute Gasteiger partial charge is 0.372 e. The number of ether oxygens (including phenoxy) is 1. The Morgan fingerprint density at radius 3 is 2.29 bits per heavy atom. The van der Waals surface area contributed by atoms with Gasteiger partial charge in [-0.1, -0.05) is 0 Å². The highest BCUT2D eigenvalue weighted by Gasteiger charge is 2.45. The fraction of sp³-hybridized carbons (Fsp3) is 0.652. The Hall–Kier alpha value is -2.34. The Kier molecular flexibility index (Phi) is 6.58. The van der Waals surface area contributed by atoms with E-state index in [1.54, 1.807) is 9.80 Å². The first-order valence-corrected chi connectivity index (χ1v) is 11.4. The minimum atomic E-state index is -4.94. The van der Waals surface area contributed by atoms with Crippen LogP contribution in [-0.4, -0.2) is 58.9 Å². The minimum Gasteiger partial charge on any atom is -0.372 e. The van der Waals surface area contributed by atoms with E-state index < -0.39 is 47.6 Å². The van der Waals surface area contributed by atoms with Gasteiger partial charge in [0.1, 0.15) is 0 Å². The molecule has 0 spiro atoms. The summed E-state index contributed by atoms with van der Waals surface area (Å²) in [6, 6.07) is 1.08. The molecule has 0 saturated carbocycles. The number of benzene rings is 1. The molecule has 2 amide bonds. The van der Waals surface area contributed by atoms with Crippen LogP contribution < -0.4 is 5.73 Å². The quantitative estimate of drug-likeness (QED) is 0.633. The number of nitrogens with two attached hydrogens (primary N) is 1. The molecule has 3 aliphatic heterocycles. The van der Waals surface area contributed by atoms with E-state index in [2.05, 4.69) is 0 Å². The van der Waals surface area contributed by atoms with Gasteiger partial charge in [0, 0.05) is 43.6 Å². The van der Waals surface area contributed by atoms with E-state index in [-0.39, 0.29) is 42.5 Å². The van der Waals surface area contributed by atoms with Crippen molar-refractivity contribution in [2.45, 2.75) is 69.3 Å². The van der Waals surface area contributed by atoms with Gasteiger partial charge in [0.25, 0.3) is 0 Å². The molecule has 3 fully saturated rings. The molecule has 35 heavy (non-hydrogen) atoms. The number of carbonyl (C=O) groups excluding carboxylic acids is 2. The highest BCUT2D eigenvalue weighted by atomic mass is 19.4. The van der Waals surface area contributed by atoms with Crippen molar-refractivity contribution >= 4 is 11.8 Å². The molecule has 12 heteroatoms. The molecule has 0 aromatic heterocycles. The average molecular weight is 507 g/mol. The first kappa shape index (κ1) is 25.7. The summed E-state index contributed by atoms with van der Waals surface area (Å²) >= 11 is 0. The molecule has 4 atom stereocenters. The predicted octanol–water partition coefficient (Wildman–Crippen LogP) is 3.57. The zero-order valence-electron chi connectivity index (χ0n) is 19.1. The van der Waals surface area contributed by atoms with Crippen molar-refractivity contribution in [1.82, 2.24) is 9.80 Å². The van der Waals surface area contributed by atoms with Gasteiger partial charge in [0.05, 0.1) is 23.8 Å². The van der Waals surface area contributed by atoms with Gasteiger partial charge in [-0.05, 0) is 49.9 Å². The van der Waals surface area contributed by atoms with Crippen LogP contribution in [0.5, 0.6) is 0 Å². The zero-order valence-corrected chi connectivity index (χ0v) is 19.1. The van der Waals surface area contributed by atoms with Crippen LogP contribution in [0, 0.1) is 5.92 Å². The molecule has 3 heterocycles. The van der Waals surface area contributed by atoms with Crippen LogP contribution in [-0.2, 0) is 33.3 Å². The van der Waals surface area contributed by atoms with E-state index >= 15 is 0 Å². The standard InChI is InChI=1S/C23H27F6N3O3/c1-21(30)2-3-31(12-21)20(34)14-6-17-9-18(10-32(17)19(33)7-14)35-11-13-4-15(22(24,25)26)8-16(5-13)23(27,28)29/h4-5,8,14,17-18H,2-3,6-7,9-12,30H2,1H3. The van der Waals surface area contributed by atoms with E-state index in [1.165, 1.54) is 0 Å². The third kappa shape index (κ3) is 5.74. The van der Waals surface area contributed by atoms with Crippen LogP contribution in [0.25, 0.3) is 0 Å². The number of rotatable bonds is 4. The van der Waals surface area contributed by atoms with Crippen molar-refractivity contribution in [1.29, 1.82) is 0 Å². The predicted molar refractivity (Wildman–Crippen MR) is 112 cm³/mol. The van der Waals surface area contributed by atoms with Crippen LogP contribution in [0.15, 0.2) is 18.2 Å². The molecule has 1 aromatic rings. The molecule has 1 aromatic carbocycles. The fourth-order valence-electron chi connectivity index (χ4n) is 5.20. The summed E-state index contributed by atoms with van der Waals surface area (Å²) in [4.78, 5) is 28.9. The van der Waals surface area contributed by atoms with Crippen molar-refractivity contribution in [3.8, 4) is 0 Å². The van der Waals surface area contributed by atoms with Crippen LogP contribution in [0.1, 0.15) is 49.3 Å². The third-order valence-electron chi connectivity index (χ3n) is 6.97. The largest absolute Gasteiger partial charge is 0.416 e. The SMILES string of the molecule is CC1(N)CCN(C(=O)C2CC(=O)N3CC(OCc4cc(C(F)(F)F)cc(C(F)(F)F)c4)CC3C2)C1. The number of piperidine rings is 1. The zero-order chi connectivity index (χ0) is 25.8. The Balaban J connectivity index is 1.39. The maximum absolute atomic E-state index is 13.1. The monoisotopic (exact) mass is 507 g/mol. The Morgan fingerprint density at radius 2 is 1.74 bits per heavy atom. The number of halogens is 6. The average Bonchev–Trinajstić information content (AvgIpc) is 3.33. The van der Waals surface area contributed by atoms with Crippen molar-refractivity contribution in [3.05, 3.63) is 34.9 Å². The second kappa shape index (κ2) is 8.95. The van der Waals surface area contributed by atoms with Gasteiger partial charge >= 0.3 is 12.4 Å². The number of alkyl halides is 6. The molecule has 3 saturated heterocycles. The van der Waals surface area contributed by atoms with Gasteiger partial charge in [-0.3, -0.25) is 9.59 Å². The number of hydrogen-bond donors (Lipinski definition) is 1. The first-order chi connectivity index (χ1) is 16.1. The van der Waals surface area contributed by atoms with Crippen LogP contribution in [0.4, 0.5) is 26.3 Å². The van der Waals surface area contributed by atoms with E-state index in [4.69, 9.17) is 10.5 Å². The minimum absolute atomic E-state index is 0.0579. The maximum Gasteiger partial charge on any atom is 0.416 e. The number of nitrogens with zero attached hydrogens (tertiary/aromatic N) is 2. The summed E-state index contributed by atoms with van der Waals surface area (Å²) in [6.45, 7) is 2.55. The normalized spacial score (nSPS) is 29.6. The van der Waals surface area contributed by atoms with Gasteiger partial charge in [-0.2, -0.15) is 26.3 Å². The number of likely N-dealkylation sites (tertiary alicyclic amines) is 1. The number of carbonyl (C=O) groups is 2. The molecule has 0 aliphatic carbocycles. The molecule has 0 bridgehead atoms. The lowest BCUT2D eigenvalue weighted by atomic mass is 9.89. The lowest BCUT2D eigenvalue weighted by Crippen LogP contribution is -2.48. The summed E-state index contributed by atoms with van der Waals surface area (Å²) in [5.41, 5.74) is 2.59. The molecule has 3 aliphatic rings. The molecular weight excluding hydrogens is 480 g/mol. The molecule has 194 valence electrons. The second-order valence-electron chi connectivity index (χ2n) is 10.1.